The Morgan fingerprint density at radius 3 is 2.78 bits per heavy atom. The van der Waals surface area contributed by atoms with Gasteiger partial charge in [0, 0.05) is 12.6 Å². The number of halogens is 1. The van der Waals surface area contributed by atoms with Crippen LogP contribution in [0.5, 0.6) is 0 Å². The second kappa shape index (κ2) is 5.91. The maximum atomic E-state index is 13.2. The quantitative estimate of drug-likeness (QED) is 0.481. The number of rotatable bonds is 6. The van der Waals surface area contributed by atoms with Crippen molar-refractivity contribution in [1.82, 2.24) is 5.32 Å². The molecule has 18 heavy (non-hydrogen) atoms. The zero-order valence-corrected chi connectivity index (χ0v) is 10.2. The topological polar surface area (TPSA) is 55.2 Å². The Morgan fingerprint density at radius 2 is 2.17 bits per heavy atom. The van der Waals surface area contributed by atoms with Crippen molar-refractivity contribution in [1.29, 1.82) is 0 Å². The predicted molar refractivity (Wildman–Crippen MR) is 66.7 cm³/mol. The molecule has 0 amide bonds. The Kier molecular flexibility index (Phi) is 4.25. The van der Waals surface area contributed by atoms with Crippen LogP contribution < -0.4 is 5.32 Å². The molecule has 0 aromatic heterocycles. The second-order valence-corrected chi connectivity index (χ2v) is 4.84. The number of benzene rings is 1. The molecule has 0 atom stereocenters. The monoisotopic (exact) mass is 252 g/mol. The Morgan fingerprint density at radius 1 is 1.39 bits per heavy atom. The van der Waals surface area contributed by atoms with Crippen LogP contribution in [0.4, 0.5) is 10.1 Å². The Balaban J connectivity index is 1.82. The Labute approximate surface area is 105 Å². The van der Waals surface area contributed by atoms with Gasteiger partial charge in [0.1, 0.15) is 5.82 Å². The van der Waals surface area contributed by atoms with E-state index in [1.807, 2.05) is 0 Å². The molecule has 0 heterocycles. The molecule has 1 fully saturated rings. The highest BCUT2D eigenvalue weighted by atomic mass is 19.1. The third-order valence-electron chi connectivity index (χ3n) is 3.44. The molecule has 2 rings (SSSR count). The van der Waals surface area contributed by atoms with Crippen molar-refractivity contribution in [3.05, 3.63) is 39.7 Å². The standard InChI is InChI=1S/C13H17FN2O2/c14-12-6-11(7-13(8-12)16(17)18)9-15-5-4-10-2-1-3-10/h6-8,10,15H,1-5,9H2. The fourth-order valence-corrected chi connectivity index (χ4v) is 2.16. The summed E-state index contributed by atoms with van der Waals surface area (Å²) in [5.41, 5.74) is 0.432. The summed E-state index contributed by atoms with van der Waals surface area (Å²) >= 11 is 0. The summed E-state index contributed by atoms with van der Waals surface area (Å²) in [5, 5.41) is 13.8. The second-order valence-electron chi connectivity index (χ2n) is 4.84. The maximum Gasteiger partial charge on any atom is 0.272 e. The fraction of sp³-hybridized carbons (Fsp3) is 0.538. The number of nitrogens with one attached hydrogen (secondary N) is 1. The van der Waals surface area contributed by atoms with Crippen LogP contribution >= 0.6 is 0 Å². The molecule has 1 saturated carbocycles. The molecule has 1 N–H and O–H groups in total. The zero-order chi connectivity index (χ0) is 13.0. The number of hydrogen-bond donors (Lipinski definition) is 1. The minimum absolute atomic E-state index is 0.189. The van der Waals surface area contributed by atoms with Crippen LogP contribution in [0.25, 0.3) is 0 Å². The highest BCUT2D eigenvalue weighted by molar-refractivity contribution is 5.35. The average Bonchev–Trinajstić information content (AvgIpc) is 2.25. The summed E-state index contributed by atoms with van der Waals surface area (Å²) in [5.74, 6) is 0.277. The van der Waals surface area contributed by atoms with E-state index < -0.39 is 10.7 Å². The van der Waals surface area contributed by atoms with Crippen LogP contribution in [0.15, 0.2) is 18.2 Å². The summed E-state index contributed by atoms with van der Waals surface area (Å²) < 4.78 is 13.2. The average molecular weight is 252 g/mol. The highest BCUT2D eigenvalue weighted by Gasteiger charge is 2.16. The summed E-state index contributed by atoms with van der Waals surface area (Å²) in [6.45, 7) is 1.36. The van der Waals surface area contributed by atoms with Crippen LogP contribution in [-0.2, 0) is 6.54 Å². The number of nitro groups is 1. The van der Waals surface area contributed by atoms with E-state index in [4.69, 9.17) is 0 Å². The van der Waals surface area contributed by atoms with Gasteiger partial charge >= 0.3 is 0 Å². The first kappa shape index (κ1) is 13.0. The van der Waals surface area contributed by atoms with E-state index in [1.54, 1.807) is 0 Å². The summed E-state index contributed by atoms with van der Waals surface area (Å²) in [4.78, 5) is 10.0. The number of nitro benzene ring substituents is 1. The minimum atomic E-state index is -0.569. The lowest BCUT2D eigenvalue weighted by Gasteiger charge is -2.25. The van der Waals surface area contributed by atoms with E-state index in [1.165, 1.54) is 31.4 Å². The lowest BCUT2D eigenvalue weighted by Crippen LogP contribution is -2.21. The van der Waals surface area contributed by atoms with Crippen LogP contribution in [0.3, 0.4) is 0 Å². The van der Waals surface area contributed by atoms with E-state index >= 15 is 0 Å². The minimum Gasteiger partial charge on any atom is -0.313 e. The molecule has 1 aromatic rings. The van der Waals surface area contributed by atoms with Crippen molar-refractivity contribution in [2.75, 3.05) is 6.54 Å². The van der Waals surface area contributed by atoms with Gasteiger partial charge in [-0.05, 0) is 30.5 Å². The van der Waals surface area contributed by atoms with Gasteiger partial charge in [-0.1, -0.05) is 19.3 Å². The first-order valence-electron chi connectivity index (χ1n) is 6.30. The molecule has 1 aliphatic rings. The third kappa shape index (κ3) is 3.50. The van der Waals surface area contributed by atoms with Crippen molar-refractivity contribution in [2.24, 2.45) is 5.92 Å². The number of nitrogens with zero attached hydrogens (tertiary/aromatic N) is 1. The van der Waals surface area contributed by atoms with Gasteiger partial charge in [-0.2, -0.15) is 0 Å². The van der Waals surface area contributed by atoms with E-state index in [2.05, 4.69) is 5.32 Å². The van der Waals surface area contributed by atoms with E-state index in [9.17, 15) is 14.5 Å². The van der Waals surface area contributed by atoms with Crippen molar-refractivity contribution in [3.8, 4) is 0 Å². The zero-order valence-electron chi connectivity index (χ0n) is 10.2. The first-order chi connectivity index (χ1) is 8.65. The lowest BCUT2D eigenvalue weighted by atomic mass is 9.83. The Hall–Kier alpha value is -1.49. The highest BCUT2D eigenvalue weighted by Crippen LogP contribution is 2.28. The predicted octanol–water partition coefficient (Wildman–Crippen LogP) is 3.01. The van der Waals surface area contributed by atoms with Gasteiger partial charge in [0.2, 0.25) is 0 Å². The van der Waals surface area contributed by atoms with Gasteiger partial charge in [0.05, 0.1) is 11.0 Å². The molecular formula is C13H17FN2O2. The van der Waals surface area contributed by atoms with Gasteiger partial charge < -0.3 is 5.32 Å². The fourth-order valence-electron chi connectivity index (χ4n) is 2.16. The molecule has 0 aliphatic heterocycles. The maximum absolute atomic E-state index is 13.2. The summed E-state index contributed by atoms with van der Waals surface area (Å²) in [6, 6.07) is 3.70. The van der Waals surface area contributed by atoms with Crippen molar-refractivity contribution in [3.63, 3.8) is 0 Å². The number of hydrogen-bond acceptors (Lipinski definition) is 3. The third-order valence-corrected chi connectivity index (χ3v) is 3.44. The molecule has 0 spiro atoms. The smallest absolute Gasteiger partial charge is 0.272 e. The molecule has 0 unspecified atom stereocenters. The van der Waals surface area contributed by atoms with Crippen molar-refractivity contribution in [2.45, 2.75) is 32.2 Å². The largest absolute Gasteiger partial charge is 0.313 e. The summed E-state index contributed by atoms with van der Waals surface area (Å²) in [7, 11) is 0. The van der Waals surface area contributed by atoms with E-state index in [-0.39, 0.29) is 5.69 Å². The van der Waals surface area contributed by atoms with E-state index in [0.717, 1.165) is 24.9 Å². The molecule has 4 nitrogen and oxygen atoms in total. The first-order valence-corrected chi connectivity index (χ1v) is 6.30. The molecule has 1 aromatic carbocycles. The van der Waals surface area contributed by atoms with Gasteiger partial charge in [-0.3, -0.25) is 10.1 Å². The molecule has 0 radical (unpaired) electrons. The van der Waals surface area contributed by atoms with Gasteiger partial charge in [-0.25, -0.2) is 4.39 Å². The molecular weight excluding hydrogens is 235 g/mol. The molecule has 0 bridgehead atoms. The molecule has 1 aliphatic carbocycles. The van der Waals surface area contributed by atoms with Crippen molar-refractivity contribution >= 4 is 5.69 Å². The SMILES string of the molecule is O=[N+]([O-])c1cc(F)cc(CNCCC2CCC2)c1. The van der Waals surface area contributed by atoms with Gasteiger partial charge in [0.25, 0.3) is 5.69 Å². The van der Waals surface area contributed by atoms with Gasteiger partial charge in [0.15, 0.2) is 0 Å². The molecule has 0 saturated heterocycles. The van der Waals surface area contributed by atoms with Crippen LogP contribution in [0.2, 0.25) is 0 Å². The van der Waals surface area contributed by atoms with Crippen LogP contribution in [-0.4, -0.2) is 11.5 Å². The molecule has 98 valence electrons. The normalized spacial score (nSPS) is 15.4. The van der Waals surface area contributed by atoms with Gasteiger partial charge in [-0.15, -0.1) is 0 Å². The summed E-state index contributed by atoms with van der Waals surface area (Å²) in [6.07, 6.45) is 5.10. The Bertz CT molecular complexity index is 433. The lowest BCUT2D eigenvalue weighted by molar-refractivity contribution is -0.385. The molecule has 5 heteroatoms. The van der Waals surface area contributed by atoms with E-state index in [0.29, 0.717) is 12.1 Å². The van der Waals surface area contributed by atoms with Crippen LogP contribution in [0, 0.1) is 21.8 Å². The van der Waals surface area contributed by atoms with Crippen LogP contribution in [0.1, 0.15) is 31.2 Å². The van der Waals surface area contributed by atoms with Crippen molar-refractivity contribution < 1.29 is 9.31 Å². The number of non-ortho nitro benzene ring substituents is 1.